The van der Waals surface area contributed by atoms with E-state index in [0.29, 0.717) is 6.61 Å². The topological polar surface area (TPSA) is 39.4 Å². The molecule has 0 fully saturated rings. The molecule has 0 aliphatic carbocycles. The smallest absolute Gasteiger partial charge is 0.216 e. The van der Waals surface area contributed by atoms with E-state index in [1.807, 2.05) is 35.3 Å². The molecule has 4 heteroatoms. The summed E-state index contributed by atoms with van der Waals surface area (Å²) in [6.07, 6.45) is 5.53. The Morgan fingerprint density at radius 3 is 2.43 bits per heavy atom. The Bertz CT molecular complexity index is 792. The fraction of sp³-hybridized carbons (Fsp3) is 0.158. The van der Waals surface area contributed by atoms with E-state index in [1.165, 1.54) is 11.1 Å². The van der Waals surface area contributed by atoms with Crippen molar-refractivity contribution < 1.29 is 4.74 Å². The Hall–Kier alpha value is -2.88. The Balaban J connectivity index is 1.50. The van der Waals surface area contributed by atoms with Gasteiger partial charge in [0.1, 0.15) is 12.6 Å². The lowest BCUT2D eigenvalue weighted by molar-refractivity contribution is 0.306. The van der Waals surface area contributed by atoms with Crippen molar-refractivity contribution in [1.82, 2.24) is 9.55 Å². The largest absolute Gasteiger partial charge is 0.475 e. The van der Waals surface area contributed by atoms with Gasteiger partial charge in [-0.2, -0.15) is 0 Å². The van der Waals surface area contributed by atoms with E-state index in [0.717, 1.165) is 18.0 Å². The highest BCUT2D eigenvalue weighted by molar-refractivity contribution is 5.95. The lowest BCUT2D eigenvalue weighted by Gasteiger charge is -2.04. The van der Waals surface area contributed by atoms with Crippen LogP contribution in [0, 0.1) is 0 Å². The van der Waals surface area contributed by atoms with Gasteiger partial charge in [-0.1, -0.05) is 42.5 Å². The van der Waals surface area contributed by atoms with E-state index in [1.54, 1.807) is 6.20 Å². The summed E-state index contributed by atoms with van der Waals surface area (Å²) in [5.74, 6) is 0.731. The first-order valence-electron chi connectivity index (χ1n) is 7.71. The van der Waals surface area contributed by atoms with Gasteiger partial charge >= 0.3 is 0 Å². The van der Waals surface area contributed by atoms with Gasteiger partial charge in [0.25, 0.3) is 0 Å². The molecule has 2 heterocycles. The van der Waals surface area contributed by atoms with Gasteiger partial charge in [0, 0.05) is 24.5 Å². The van der Waals surface area contributed by atoms with Crippen LogP contribution in [0.15, 0.2) is 78.3 Å². The van der Waals surface area contributed by atoms with Gasteiger partial charge in [-0.15, -0.1) is 0 Å². The summed E-state index contributed by atoms with van der Waals surface area (Å²) in [6, 6.07) is 18.9. The number of imidazole rings is 1. The number of nitrogens with zero attached hydrogens (tertiary/aromatic N) is 3. The van der Waals surface area contributed by atoms with Crippen LogP contribution < -0.4 is 0 Å². The second kappa shape index (κ2) is 6.08. The van der Waals surface area contributed by atoms with Gasteiger partial charge in [0.2, 0.25) is 5.90 Å². The fourth-order valence-electron chi connectivity index (χ4n) is 2.74. The Kier molecular flexibility index (Phi) is 3.64. The maximum Gasteiger partial charge on any atom is 0.216 e. The number of hydrogen-bond donors (Lipinski definition) is 0. The molecule has 0 radical (unpaired) electrons. The molecule has 0 bridgehead atoms. The van der Waals surface area contributed by atoms with Crippen molar-refractivity contribution in [3.8, 4) is 11.1 Å². The minimum absolute atomic E-state index is 0.146. The monoisotopic (exact) mass is 303 g/mol. The van der Waals surface area contributed by atoms with Gasteiger partial charge < -0.3 is 9.30 Å². The second-order valence-electron chi connectivity index (χ2n) is 5.60. The van der Waals surface area contributed by atoms with Crippen molar-refractivity contribution in [2.24, 2.45) is 4.99 Å². The molecule has 3 aromatic rings. The summed E-state index contributed by atoms with van der Waals surface area (Å²) >= 11 is 0. The van der Waals surface area contributed by atoms with Crippen LogP contribution in [0.2, 0.25) is 0 Å². The minimum atomic E-state index is 0.146. The van der Waals surface area contributed by atoms with Crippen LogP contribution in [-0.4, -0.2) is 28.1 Å². The highest BCUT2D eigenvalue weighted by Crippen LogP contribution is 2.21. The third-order valence-electron chi connectivity index (χ3n) is 3.93. The second-order valence-corrected chi connectivity index (χ2v) is 5.60. The molecule has 1 aromatic heterocycles. The van der Waals surface area contributed by atoms with Crippen LogP contribution in [0.4, 0.5) is 0 Å². The summed E-state index contributed by atoms with van der Waals surface area (Å²) < 4.78 is 7.79. The molecule has 1 aliphatic heterocycles. The van der Waals surface area contributed by atoms with Gasteiger partial charge in [-0.05, 0) is 23.3 Å². The van der Waals surface area contributed by atoms with Crippen molar-refractivity contribution in [2.45, 2.75) is 12.6 Å². The average Bonchev–Trinajstić information content (AvgIpc) is 3.28. The summed E-state index contributed by atoms with van der Waals surface area (Å²) in [6.45, 7) is 1.42. The first-order valence-corrected chi connectivity index (χ1v) is 7.71. The molecule has 0 saturated heterocycles. The van der Waals surface area contributed by atoms with E-state index in [9.17, 15) is 0 Å². The van der Waals surface area contributed by atoms with E-state index in [-0.39, 0.29) is 6.04 Å². The maximum absolute atomic E-state index is 5.76. The molecule has 0 saturated carbocycles. The van der Waals surface area contributed by atoms with Gasteiger partial charge in [-0.25, -0.2) is 9.98 Å². The highest BCUT2D eigenvalue weighted by atomic mass is 16.5. The van der Waals surface area contributed by atoms with Crippen LogP contribution in [0.3, 0.4) is 0 Å². The highest BCUT2D eigenvalue weighted by Gasteiger charge is 2.20. The van der Waals surface area contributed by atoms with Crippen molar-refractivity contribution in [3.63, 3.8) is 0 Å². The zero-order chi connectivity index (χ0) is 15.5. The number of aromatic nitrogens is 2. The van der Waals surface area contributed by atoms with Crippen molar-refractivity contribution >= 4 is 5.90 Å². The van der Waals surface area contributed by atoms with Crippen LogP contribution in [0.1, 0.15) is 5.56 Å². The lowest BCUT2D eigenvalue weighted by atomic mass is 10.0. The van der Waals surface area contributed by atoms with Crippen LogP contribution in [0.5, 0.6) is 0 Å². The Morgan fingerprint density at radius 2 is 1.70 bits per heavy atom. The fourth-order valence-corrected chi connectivity index (χ4v) is 2.74. The molecule has 1 aliphatic rings. The Morgan fingerprint density at radius 1 is 0.957 bits per heavy atom. The summed E-state index contributed by atoms with van der Waals surface area (Å²) in [5.41, 5.74) is 3.44. The van der Waals surface area contributed by atoms with E-state index in [2.05, 4.69) is 46.4 Å². The van der Waals surface area contributed by atoms with E-state index < -0.39 is 0 Å². The third-order valence-corrected chi connectivity index (χ3v) is 3.93. The molecule has 0 N–H and O–H groups in total. The molecule has 2 aromatic carbocycles. The molecule has 0 amide bonds. The van der Waals surface area contributed by atoms with Crippen molar-refractivity contribution in [1.29, 1.82) is 0 Å². The molecule has 0 unspecified atom stereocenters. The Labute approximate surface area is 135 Å². The molecule has 4 rings (SSSR count). The molecule has 23 heavy (non-hydrogen) atoms. The quantitative estimate of drug-likeness (QED) is 0.741. The lowest BCUT2D eigenvalue weighted by Crippen LogP contribution is -2.14. The molecular formula is C19H17N3O. The first-order chi connectivity index (χ1) is 11.4. The zero-order valence-corrected chi connectivity index (χ0v) is 12.7. The zero-order valence-electron chi connectivity index (χ0n) is 12.7. The summed E-state index contributed by atoms with van der Waals surface area (Å²) in [4.78, 5) is 8.73. The molecule has 4 nitrogen and oxygen atoms in total. The van der Waals surface area contributed by atoms with Crippen LogP contribution in [-0.2, 0) is 11.3 Å². The standard InChI is InChI=1S/C19H17N3O/c1-2-4-15(5-3-1)16-6-8-17(9-7-16)19-21-18(13-23-19)12-22-11-10-20-14-22/h1-11,14,18H,12-13H2/t18-/m0/s1. The number of benzene rings is 2. The number of hydrogen-bond acceptors (Lipinski definition) is 3. The van der Waals surface area contributed by atoms with E-state index >= 15 is 0 Å². The van der Waals surface area contributed by atoms with Gasteiger partial charge in [0.15, 0.2) is 0 Å². The number of rotatable bonds is 4. The maximum atomic E-state index is 5.76. The SMILES string of the molecule is c1ccc(-c2ccc(C3=N[C@@H](Cn4ccnc4)CO3)cc2)cc1. The van der Waals surface area contributed by atoms with Crippen LogP contribution in [0.25, 0.3) is 11.1 Å². The van der Waals surface area contributed by atoms with E-state index in [4.69, 9.17) is 4.74 Å². The normalized spacial score (nSPS) is 16.9. The molecular weight excluding hydrogens is 286 g/mol. The summed E-state index contributed by atoms with van der Waals surface area (Å²) in [7, 11) is 0. The molecule has 0 spiro atoms. The number of ether oxygens (including phenoxy) is 1. The van der Waals surface area contributed by atoms with Crippen molar-refractivity contribution in [2.75, 3.05) is 6.61 Å². The average molecular weight is 303 g/mol. The molecule has 114 valence electrons. The number of aliphatic imine (C=N–C) groups is 1. The van der Waals surface area contributed by atoms with Gasteiger partial charge in [-0.3, -0.25) is 0 Å². The summed E-state index contributed by atoms with van der Waals surface area (Å²) in [5, 5.41) is 0. The first kappa shape index (κ1) is 13.8. The predicted octanol–water partition coefficient (Wildman–Crippen LogP) is 3.40. The third kappa shape index (κ3) is 3.01. The van der Waals surface area contributed by atoms with Gasteiger partial charge in [0.05, 0.1) is 6.33 Å². The predicted molar refractivity (Wildman–Crippen MR) is 90.4 cm³/mol. The van der Waals surface area contributed by atoms with Crippen molar-refractivity contribution in [3.05, 3.63) is 78.9 Å². The molecule has 1 atom stereocenters. The van der Waals surface area contributed by atoms with Crippen LogP contribution >= 0.6 is 0 Å². The minimum Gasteiger partial charge on any atom is -0.475 e.